The van der Waals surface area contributed by atoms with Crippen molar-refractivity contribution in [2.45, 2.75) is 24.7 Å². The number of rotatable bonds is 3. The molecular formula is C15H18N4O5. The number of amides is 1. The summed E-state index contributed by atoms with van der Waals surface area (Å²) in [5, 5.41) is 3.28. The molecule has 1 aliphatic carbocycles. The van der Waals surface area contributed by atoms with Gasteiger partial charge in [-0.1, -0.05) is 0 Å². The van der Waals surface area contributed by atoms with E-state index in [4.69, 9.17) is 20.9 Å². The third-order valence-corrected chi connectivity index (χ3v) is 5.47. The third-order valence-electron chi connectivity index (χ3n) is 5.47. The number of Topliss-reactive ketones (excluding diaryl/α,β-unsaturated/α-hetero) is 2. The van der Waals surface area contributed by atoms with Crippen LogP contribution in [0.4, 0.5) is 4.79 Å². The van der Waals surface area contributed by atoms with E-state index >= 15 is 0 Å². The van der Waals surface area contributed by atoms with Crippen LogP contribution in [0.1, 0.15) is 6.92 Å². The maximum Gasteiger partial charge on any atom is 0.404 e. The highest BCUT2D eigenvalue weighted by atomic mass is 16.6. The summed E-state index contributed by atoms with van der Waals surface area (Å²) in [6.45, 7) is 1.92. The minimum absolute atomic E-state index is 0.0586. The molecule has 1 amide bonds. The highest BCUT2D eigenvalue weighted by Gasteiger charge is 2.72. The minimum Gasteiger partial charge on any atom is -0.449 e. The first-order valence-electron chi connectivity index (χ1n) is 7.65. The van der Waals surface area contributed by atoms with Gasteiger partial charge in [0.1, 0.15) is 6.61 Å². The lowest BCUT2D eigenvalue weighted by Gasteiger charge is -2.39. The van der Waals surface area contributed by atoms with E-state index in [-0.39, 0.29) is 41.3 Å². The average molecular weight is 334 g/mol. The molecule has 24 heavy (non-hydrogen) atoms. The van der Waals surface area contributed by atoms with Crippen LogP contribution in [0.15, 0.2) is 22.5 Å². The summed E-state index contributed by atoms with van der Waals surface area (Å²) >= 11 is 0. The van der Waals surface area contributed by atoms with Crippen LogP contribution in [0.25, 0.3) is 0 Å². The van der Waals surface area contributed by atoms with E-state index in [2.05, 4.69) is 5.32 Å². The number of primary amides is 1. The molecule has 4 rings (SSSR count). The molecule has 128 valence electrons. The van der Waals surface area contributed by atoms with E-state index < -0.39 is 23.5 Å². The van der Waals surface area contributed by atoms with E-state index in [1.807, 2.05) is 4.90 Å². The van der Waals surface area contributed by atoms with Crippen LogP contribution in [-0.4, -0.2) is 60.6 Å². The van der Waals surface area contributed by atoms with Gasteiger partial charge in [0, 0.05) is 30.8 Å². The van der Waals surface area contributed by atoms with Gasteiger partial charge in [0.2, 0.25) is 11.6 Å². The molecule has 0 aromatic heterocycles. The Morgan fingerprint density at radius 3 is 2.75 bits per heavy atom. The maximum atomic E-state index is 12.8. The van der Waals surface area contributed by atoms with E-state index in [9.17, 15) is 14.4 Å². The van der Waals surface area contributed by atoms with Crippen LogP contribution < -0.4 is 16.8 Å². The molecule has 9 nitrogen and oxygen atoms in total. The van der Waals surface area contributed by atoms with Crippen molar-refractivity contribution < 1.29 is 23.9 Å². The number of hydrogen-bond donors (Lipinski definition) is 3. The van der Waals surface area contributed by atoms with Crippen molar-refractivity contribution in [1.82, 2.24) is 10.2 Å². The molecule has 4 aliphatic rings. The Hall–Kier alpha value is -2.39. The number of methoxy groups -OCH3 is 1. The summed E-state index contributed by atoms with van der Waals surface area (Å²) in [5.41, 5.74) is 10.7. The largest absolute Gasteiger partial charge is 0.449 e. The summed E-state index contributed by atoms with van der Waals surface area (Å²) < 4.78 is 10.8. The van der Waals surface area contributed by atoms with Crippen molar-refractivity contribution >= 4 is 17.7 Å². The first-order valence-corrected chi connectivity index (χ1v) is 7.65. The van der Waals surface area contributed by atoms with E-state index in [0.717, 1.165) is 0 Å². The zero-order chi connectivity index (χ0) is 17.4. The number of nitrogens with one attached hydrogen (secondary N) is 1. The Kier molecular flexibility index (Phi) is 2.89. The van der Waals surface area contributed by atoms with Crippen LogP contribution >= 0.6 is 0 Å². The molecule has 3 aliphatic heterocycles. The fourth-order valence-electron chi connectivity index (χ4n) is 4.31. The number of allylic oxidation sites excluding steroid dienone is 2. The number of carbonyl (C=O) groups is 3. The van der Waals surface area contributed by atoms with E-state index in [1.54, 1.807) is 0 Å². The predicted molar refractivity (Wildman–Crippen MR) is 80.1 cm³/mol. The number of ketones is 2. The molecule has 2 fully saturated rings. The molecule has 3 heterocycles. The van der Waals surface area contributed by atoms with Crippen molar-refractivity contribution in [3.63, 3.8) is 0 Å². The standard InChI is InChI=1S/C15H18N4O5/c1-5-9(16)12(21)8-6(4-24-14(17)22)15(23-2)13-7(18-13)3-19(15)10(8)11(5)20/h6-7,13,18H,3-4,16H2,1-2H3,(H2,17,22)/t6-,7+,13?,15-/m1/s1. The first kappa shape index (κ1) is 15.2. The molecule has 0 radical (unpaired) electrons. The lowest BCUT2D eigenvalue weighted by atomic mass is 9.82. The average Bonchev–Trinajstić information content (AvgIpc) is 3.16. The predicted octanol–water partition coefficient (Wildman–Crippen LogP) is -1.65. The van der Waals surface area contributed by atoms with E-state index in [1.165, 1.54) is 14.0 Å². The summed E-state index contributed by atoms with van der Waals surface area (Å²) in [6.07, 6.45) is -0.950. The van der Waals surface area contributed by atoms with Crippen molar-refractivity contribution in [2.24, 2.45) is 17.4 Å². The number of nitrogens with two attached hydrogens (primary N) is 2. The molecule has 2 saturated heterocycles. The lowest BCUT2D eigenvalue weighted by molar-refractivity contribution is -0.137. The van der Waals surface area contributed by atoms with Crippen LogP contribution in [-0.2, 0) is 19.1 Å². The Labute approximate surface area is 137 Å². The molecule has 0 spiro atoms. The highest BCUT2D eigenvalue weighted by Crippen LogP contribution is 2.55. The number of nitrogens with zero attached hydrogens (tertiary/aromatic N) is 1. The fourth-order valence-corrected chi connectivity index (χ4v) is 4.31. The van der Waals surface area contributed by atoms with Crippen LogP contribution in [0.5, 0.6) is 0 Å². The molecule has 5 N–H and O–H groups in total. The maximum absolute atomic E-state index is 12.8. The third kappa shape index (κ3) is 1.58. The summed E-state index contributed by atoms with van der Waals surface area (Å²) in [5.74, 6) is -1.34. The van der Waals surface area contributed by atoms with Gasteiger partial charge in [0.25, 0.3) is 0 Å². The Bertz CT molecular complexity index is 757. The lowest BCUT2D eigenvalue weighted by Crippen LogP contribution is -2.55. The van der Waals surface area contributed by atoms with Crippen LogP contribution in [0, 0.1) is 5.92 Å². The van der Waals surface area contributed by atoms with Gasteiger partial charge in [-0.15, -0.1) is 0 Å². The SMILES string of the molecule is CO[C@]12C3N[C@H]3CN1C1=C(C(=O)C(N)=C(C)C1=O)[C@H]2COC(N)=O. The topological polar surface area (TPSA) is 147 Å². The monoisotopic (exact) mass is 334 g/mol. The normalized spacial score (nSPS) is 36.8. The van der Waals surface area contributed by atoms with Gasteiger partial charge in [-0.2, -0.15) is 0 Å². The van der Waals surface area contributed by atoms with Crippen molar-refractivity contribution in [1.29, 1.82) is 0 Å². The second-order valence-electron chi connectivity index (χ2n) is 6.46. The number of fused-ring (bicyclic) bond motifs is 4. The van der Waals surface area contributed by atoms with Gasteiger partial charge in [-0.05, 0) is 6.92 Å². The molecule has 0 bridgehead atoms. The quantitative estimate of drug-likeness (QED) is 0.411. The molecule has 9 heteroatoms. The number of ether oxygens (including phenoxy) is 2. The molecule has 4 atom stereocenters. The number of hydrogen-bond acceptors (Lipinski definition) is 8. The van der Waals surface area contributed by atoms with Gasteiger partial charge < -0.3 is 31.2 Å². The van der Waals surface area contributed by atoms with Gasteiger partial charge in [0.15, 0.2) is 5.72 Å². The Balaban J connectivity index is 1.85. The zero-order valence-corrected chi connectivity index (χ0v) is 13.3. The van der Waals surface area contributed by atoms with Gasteiger partial charge in [-0.3, -0.25) is 9.59 Å². The van der Waals surface area contributed by atoms with Crippen LogP contribution in [0.2, 0.25) is 0 Å². The van der Waals surface area contributed by atoms with E-state index in [0.29, 0.717) is 12.2 Å². The zero-order valence-electron chi connectivity index (χ0n) is 13.3. The van der Waals surface area contributed by atoms with Crippen molar-refractivity contribution in [3.05, 3.63) is 22.5 Å². The number of piperazine rings is 1. The van der Waals surface area contributed by atoms with Crippen LogP contribution in [0.3, 0.4) is 0 Å². The first-order chi connectivity index (χ1) is 11.3. The molecule has 1 unspecified atom stereocenters. The molecule has 0 aromatic carbocycles. The highest BCUT2D eigenvalue weighted by molar-refractivity contribution is 6.25. The molecule has 0 aromatic rings. The second-order valence-corrected chi connectivity index (χ2v) is 6.46. The van der Waals surface area contributed by atoms with Gasteiger partial charge >= 0.3 is 6.09 Å². The van der Waals surface area contributed by atoms with Crippen molar-refractivity contribution in [2.75, 3.05) is 20.3 Å². The smallest absolute Gasteiger partial charge is 0.404 e. The molecule has 0 saturated carbocycles. The fraction of sp³-hybridized carbons (Fsp3) is 0.533. The van der Waals surface area contributed by atoms with Gasteiger partial charge in [0.05, 0.1) is 23.4 Å². The second kappa shape index (κ2) is 4.58. The molecular weight excluding hydrogens is 316 g/mol. The Morgan fingerprint density at radius 1 is 1.42 bits per heavy atom. The summed E-state index contributed by atoms with van der Waals surface area (Å²) in [7, 11) is 1.52. The summed E-state index contributed by atoms with van der Waals surface area (Å²) in [4.78, 5) is 38.4. The van der Waals surface area contributed by atoms with Crippen molar-refractivity contribution in [3.8, 4) is 0 Å². The Morgan fingerprint density at radius 2 is 2.12 bits per heavy atom. The van der Waals surface area contributed by atoms with Gasteiger partial charge in [-0.25, -0.2) is 4.79 Å². The summed E-state index contributed by atoms with van der Waals surface area (Å²) in [6, 6.07) is 0.109. The number of carbonyl (C=O) groups excluding carboxylic acids is 3. The minimum atomic E-state index is -0.957.